The van der Waals surface area contributed by atoms with E-state index >= 15 is 0 Å². The lowest BCUT2D eigenvalue weighted by atomic mass is 10.1. The molecule has 1 N–H and O–H groups in total. The quantitative estimate of drug-likeness (QED) is 0.695. The van der Waals surface area contributed by atoms with Gasteiger partial charge >= 0.3 is 0 Å². The van der Waals surface area contributed by atoms with Crippen molar-refractivity contribution in [3.05, 3.63) is 62.8 Å². The lowest BCUT2D eigenvalue weighted by molar-refractivity contribution is -0.385. The first kappa shape index (κ1) is 14.0. The first-order valence-electron chi connectivity index (χ1n) is 5.65. The monoisotopic (exact) mass is 291 g/mol. The van der Waals surface area contributed by atoms with Gasteiger partial charge in [-0.2, -0.15) is 0 Å². The van der Waals surface area contributed by atoms with E-state index in [1.807, 2.05) is 6.92 Å². The van der Waals surface area contributed by atoms with Crippen molar-refractivity contribution in [1.29, 1.82) is 0 Å². The highest BCUT2D eigenvalue weighted by Gasteiger charge is 2.20. The van der Waals surface area contributed by atoms with Gasteiger partial charge in [-0.25, -0.2) is 4.98 Å². The maximum absolute atomic E-state index is 12.1. The first-order chi connectivity index (χ1) is 9.47. The van der Waals surface area contributed by atoms with Crippen molar-refractivity contribution in [2.75, 3.05) is 5.32 Å². The molecule has 0 atom stereocenters. The number of rotatable bonds is 3. The van der Waals surface area contributed by atoms with E-state index in [4.69, 9.17) is 11.6 Å². The van der Waals surface area contributed by atoms with Gasteiger partial charge in [-0.15, -0.1) is 0 Å². The van der Waals surface area contributed by atoms with Gasteiger partial charge in [-0.3, -0.25) is 14.9 Å². The van der Waals surface area contributed by atoms with Gasteiger partial charge in [0.15, 0.2) is 0 Å². The van der Waals surface area contributed by atoms with Gasteiger partial charge in [0.25, 0.3) is 11.6 Å². The third-order valence-electron chi connectivity index (χ3n) is 2.56. The molecule has 0 aliphatic heterocycles. The van der Waals surface area contributed by atoms with Crippen LogP contribution in [0.1, 0.15) is 15.9 Å². The number of carbonyl (C=O) groups excluding carboxylic acids is 1. The largest absolute Gasteiger partial charge is 0.306 e. The lowest BCUT2D eigenvalue weighted by Gasteiger charge is -2.06. The van der Waals surface area contributed by atoms with Crippen molar-refractivity contribution in [2.24, 2.45) is 0 Å². The number of carbonyl (C=O) groups is 1. The van der Waals surface area contributed by atoms with E-state index in [1.54, 1.807) is 12.1 Å². The minimum absolute atomic E-state index is 0.106. The number of hydrogen-bond acceptors (Lipinski definition) is 4. The summed E-state index contributed by atoms with van der Waals surface area (Å²) in [6.45, 7) is 1.85. The fraction of sp³-hybridized carbons (Fsp3) is 0.0769. The van der Waals surface area contributed by atoms with E-state index in [2.05, 4.69) is 10.3 Å². The Hall–Kier alpha value is -2.47. The van der Waals surface area contributed by atoms with Crippen molar-refractivity contribution in [2.45, 2.75) is 6.92 Å². The highest BCUT2D eigenvalue weighted by atomic mass is 35.5. The summed E-state index contributed by atoms with van der Waals surface area (Å²) in [7, 11) is 0. The average Bonchev–Trinajstić information content (AvgIpc) is 2.38. The molecule has 1 aromatic carbocycles. The van der Waals surface area contributed by atoms with E-state index in [0.29, 0.717) is 5.82 Å². The third-order valence-corrected chi connectivity index (χ3v) is 2.79. The summed E-state index contributed by atoms with van der Waals surface area (Å²) in [5.41, 5.74) is 0.501. The number of aromatic nitrogens is 1. The zero-order valence-corrected chi connectivity index (χ0v) is 11.2. The molecule has 6 nitrogen and oxygen atoms in total. The van der Waals surface area contributed by atoms with Gasteiger partial charge in [-0.05, 0) is 36.8 Å². The predicted molar refractivity (Wildman–Crippen MR) is 75.0 cm³/mol. The highest BCUT2D eigenvalue weighted by Crippen LogP contribution is 2.23. The smallest absolute Gasteiger partial charge is 0.282 e. The predicted octanol–water partition coefficient (Wildman–Crippen LogP) is 3.20. The molecule has 0 saturated heterocycles. The zero-order valence-electron chi connectivity index (χ0n) is 10.5. The molecule has 1 heterocycles. The molecule has 0 radical (unpaired) electrons. The molecule has 1 aromatic heterocycles. The molecule has 2 aromatic rings. The van der Waals surface area contributed by atoms with Gasteiger partial charge in [0.05, 0.1) is 4.92 Å². The van der Waals surface area contributed by atoms with E-state index in [0.717, 1.165) is 5.56 Å². The Morgan fingerprint density at radius 1 is 1.35 bits per heavy atom. The van der Waals surface area contributed by atoms with E-state index in [-0.39, 0.29) is 16.3 Å². The van der Waals surface area contributed by atoms with Crippen molar-refractivity contribution in [3.8, 4) is 0 Å². The maximum atomic E-state index is 12.1. The number of nitro benzene ring substituents is 1. The molecule has 1 amide bonds. The van der Waals surface area contributed by atoms with Crippen molar-refractivity contribution >= 4 is 29.0 Å². The van der Waals surface area contributed by atoms with E-state index in [1.165, 1.54) is 24.4 Å². The second-order valence-electron chi connectivity index (χ2n) is 4.09. The Bertz CT molecular complexity index is 688. The van der Waals surface area contributed by atoms with Crippen LogP contribution in [0.4, 0.5) is 11.5 Å². The van der Waals surface area contributed by atoms with Gasteiger partial charge in [-0.1, -0.05) is 11.6 Å². The number of nitro groups is 1. The van der Waals surface area contributed by atoms with Gasteiger partial charge in [0, 0.05) is 17.3 Å². The Morgan fingerprint density at radius 3 is 2.75 bits per heavy atom. The standard InChI is InChI=1S/C13H10ClN3O3/c1-8-4-5-15-12(6-8)16-13(18)10-7-9(14)2-3-11(10)17(19)20/h2-7H,1H3,(H,15,16,18). The Labute approximate surface area is 119 Å². The molecule has 0 unspecified atom stereocenters. The molecular weight excluding hydrogens is 282 g/mol. The van der Waals surface area contributed by atoms with Gasteiger partial charge in [0.2, 0.25) is 0 Å². The normalized spacial score (nSPS) is 10.1. The van der Waals surface area contributed by atoms with Gasteiger partial charge < -0.3 is 5.32 Å². The van der Waals surface area contributed by atoms with Crippen LogP contribution in [0.15, 0.2) is 36.5 Å². The summed E-state index contributed by atoms with van der Waals surface area (Å²) in [6.07, 6.45) is 1.54. The minimum atomic E-state index is -0.630. The number of benzene rings is 1. The SMILES string of the molecule is Cc1ccnc(NC(=O)c2cc(Cl)ccc2[N+](=O)[O-])c1. The fourth-order valence-corrected chi connectivity index (χ4v) is 1.81. The lowest BCUT2D eigenvalue weighted by Crippen LogP contribution is -2.14. The van der Waals surface area contributed by atoms with Crippen LogP contribution in [0.3, 0.4) is 0 Å². The molecule has 7 heteroatoms. The highest BCUT2D eigenvalue weighted by molar-refractivity contribution is 6.31. The second-order valence-corrected chi connectivity index (χ2v) is 4.53. The van der Waals surface area contributed by atoms with E-state index < -0.39 is 10.8 Å². The number of nitrogens with one attached hydrogen (secondary N) is 1. The van der Waals surface area contributed by atoms with Crippen LogP contribution in [-0.2, 0) is 0 Å². The van der Waals surface area contributed by atoms with Crippen LogP contribution in [-0.4, -0.2) is 15.8 Å². The minimum Gasteiger partial charge on any atom is -0.306 e. The summed E-state index contributed by atoms with van der Waals surface area (Å²) in [5.74, 6) is -0.304. The summed E-state index contributed by atoms with van der Waals surface area (Å²) < 4.78 is 0. The van der Waals surface area contributed by atoms with Crippen LogP contribution >= 0.6 is 11.6 Å². The number of halogens is 1. The van der Waals surface area contributed by atoms with E-state index in [9.17, 15) is 14.9 Å². The van der Waals surface area contributed by atoms with Crippen LogP contribution < -0.4 is 5.32 Å². The molecule has 0 spiro atoms. The van der Waals surface area contributed by atoms with Crippen molar-refractivity contribution in [3.63, 3.8) is 0 Å². The van der Waals surface area contributed by atoms with Crippen molar-refractivity contribution < 1.29 is 9.72 Å². The zero-order chi connectivity index (χ0) is 14.7. The second kappa shape index (κ2) is 5.66. The fourth-order valence-electron chi connectivity index (χ4n) is 1.64. The van der Waals surface area contributed by atoms with Gasteiger partial charge in [0.1, 0.15) is 11.4 Å². The molecule has 0 aliphatic carbocycles. The Morgan fingerprint density at radius 2 is 2.10 bits per heavy atom. The summed E-state index contributed by atoms with van der Waals surface area (Å²) >= 11 is 5.78. The third kappa shape index (κ3) is 3.10. The summed E-state index contributed by atoms with van der Waals surface area (Å²) in [5, 5.41) is 13.7. The molecule has 20 heavy (non-hydrogen) atoms. The molecular formula is C13H10ClN3O3. The van der Waals surface area contributed by atoms with Crippen LogP contribution in [0.2, 0.25) is 5.02 Å². The van der Waals surface area contributed by atoms with Crippen LogP contribution in [0.25, 0.3) is 0 Å². The average molecular weight is 292 g/mol. The number of nitrogens with zero attached hydrogens (tertiary/aromatic N) is 2. The molecule has 102 valence electrons. The number of aryl methyl sites for hydroxylation is 1. The Balaban J connectivity index is 2.34. The first-order valence-corrected chi connectivity index (χ1v) is 6.03. The number of pyridine rings is 1. The molecule has 2 rings (SSSR count). The van der Waals surface area contributed by atoms with Crippen molar-refractivity contribution in [1.82, 2.24) is 4.98 Å². The number of anilines is 1. The summed E-state index contributed by atoms with van der Waals surface area (Å²) in [4.78, 5) is 26.3. The number of amides is 1. The van der Waals surface area contributed by atoms with Crippen LogP contribution in [0, 0.1) is 17.0 Å². The summed E-state index contributed by atoms with van der Waals surface area (Å²) in [6, 6.07) is 7.25. The molecule has 0 saturated carbocycles. The molecule has 0 bridgehead atoms. The topological polar surface area (TPSA) is 85.1 Å². The number of hydrogen-bond donors (Lipinski definition) is 1. The molecule has 0 fully saturated rings. The van der Waals surface area contributed by atoms with Crippen LogP contribution in [0.5, 0.6) is 0 Å². The molecule has 0 aliphatic rings. The Kier molecular flexibility index (Phi) is 3.95. The maximum Gasteiger partial charge on any atom is 0.282 e.